The van der Waals surface area contributed by atoms with E-state index >= 15 is 0 Å². The SMILES string of the molecule is Cc1cc2c(c(-c3ccccc3)c1)C(C)CC(c1ccccc1)C2. The van der Waals surface area contributed by atoms with Crippen LogP contribution >= 0.6 is 0 Å². The van der Waals surface area contributed by atoms with Crippen LogP contribution in [-0.2, 0) is 6.42 Å². The first-order valence-corrected chi connectivity index (χ1v) is 8.96. The molecule has 0 amide bonds. The first-order valence-electron chi connectivity index (χ1n) is 8.96. The van der Waals surface area contributed by atoms with Crippen LogP contribution in [0.1, 0.15) is 47.4 Å². The molecule has 0 radical (unpaired) electrons. The summed E-state index contributed by atoms with van der Waals surface area (Å²) in [4.78, 5) is 0. The fourth-order valence-corrected chi connectivity index (χ4v) is 4.35. The maximum absolute atomic E-state index is 2.41. The summed E-state index contributed by atoms with van der Waals surface area (Å²) >= 11 is 0. The lowest BCUT2D eigenvalue weighted by Gasteiger charge is -2.32. The Kier molecular flexibility index (Phi) is 3.98. The highest BCUT2D eigenvalue weighted by Crippen LogP contribution is 2.44. The standard InChI is InChI=1S/C24H24/c1-17-13-22-16-21(19-9-5-3-6-10-19)15-18(2)24(22)23(14-17)20-11-7-4-8-12-20/h3-14,18,21H,15-16H2,1-2H3. The van der Waals surface area contributed by atoms with Crippen LogP contribution < -0.4 is 0 Å². The lowest BCUT2D eigenvalue weighted by Crippen LogP contribution is -2.17. The topological polar surface area (TPSA) is 0 Å². The van der Waals surface area contributed by atoms with Gasteiger partial charge in [-0.15, -0.1) is 0 Å². The Balaban J connectivity index is 1.80. The lowest BCUT2D eigenvalue weighted by molar-refractivity contribution is 0.518. The van der Waals surface area contributed by atoms with Gasteiger partial charge in [0, 0.05) is 0 Å². The van der Waals surface area contributed by atoms with Crippen molar-refractivity contribution in [2.24, 2.45) is 0 Å². The minimum absolute atomic E-state index is 0.592. The predicted molar refractivity (Wildman–Crippen MR) is 103 cm³/mol. The second-order valence-corrected chi connectivity index (χ2v) is 7.20. The average molecular weight is 312 g/mol. The van der Waals surface area contributed by atoms with Gasteiger partial charge < -0.3 is 0 Å². The highest BCUT2D eigenvalue weighted by atomic mass is 14.3. The van der Waals surface area contributed by atoms with E-state index in [0.29, 0.717) is 11.8 Å². The molecule has 1 aliphatic carbocycles. The van der Waals surface area contributed by atoms with Crippen LogP contribution in [0.4, 0.5) is 0 Å². The van der Waals surface area contributed by atoms with Gasteiger partial charge in [-0.2, -0.15) is 0 Å². The van der Waals surface area contributed by atoms with Gasteiger partial charge in [-0.3, -0.25) is 0 Å². The number of rotatable bonds is 2. The third kappa shape index (κ3) is 2.78. The van der Waals surface area contributed by atoms with Crippen LogP contribution in [0, 0.1) is 6.92 Å². The third-order valence-electron chi connectivity index (χ3n) is 5.36. The molecule has 4 rings (SSSR count). The summed E-state index contributed by atoms with van der Waals surface area (Å²) in [6, 6.07) is 26.7. The van der Waals surface area contributed by atoms with Crippen LogP contribution in [0.2, 0.25) is 0 Å². The molecule has 2 unspecified atom stereocenters. The summed E-state index contributed by atoms with van der Waals surface area (Å²) in [7, 11) is 0. The monoisotopic (exact) mass is 312 g/mol. The molecule has 3 aromatic carbocycles. The van der Waals surface area contributed by atoms with E-state index in [0.717, 1.165) is 6.42 Å². The van der Waals surface area contributed by atoms with E-state index < -0.39 is 0 Å². The quantitative estimate of drug-likeness (QED) is 0.507. The Hall–Kier alpha value is -2.34. The maximum Gasteiger partial charge on any atom is -0.0116 e. The van der Waals surface area contributed by atoms with E-state index in [1.54, 1.807) is 11.1 Å². The molecule has 0 bridgehead atoms. The highest BCUT2D eigenvalue weighted by Gasteiger charge is 2.27. The zero-order valence-electron chi connectivity index (χ0n) is 14.5. The maximum atomic E-state index is 2.41. The van der Waals surface area contributed by atoms with Crippen LogP contribution in [0.15, 0.2) is 72.8 Å². The fraction of sp³-hybridized carbons (Fsp3) is 0.250. The van der Waals surface area contributed by atoms with E-state index in [2.05, 4.69) is 86.6 Å². The van der Waals surface area contributed by atoms with E-state index in [-0.39, 0.29) is 0 Å². The first-order chi connectivity index (χ1) is 11.7. The van der Waals surface area contributed by atoms with Gasteiger partial charge in [0.15, 0.2) is 0 Å². The summed E-state index contributed by atoms with van der Waals surface area (Å²) in [5.41, 5.74) is 8.75. The minimum atomic E-state index is 0.592. The van der Waals surface area contributed by atoms with Crippen LogP contribution in [-0.4, -0.2) is 0 Å². The summed E-state index contributed by atoms with van der Waals surface area (Å²) in [6.07, 6.45) is 2.39. The molecule has 3 aromatic rings. The molecule has 2 atom stereocenters. The summed E-state index contributed by atoms with van der Waals surface area (Å²) in [6.45, 7) is 4.62. The van der Waals surface area contributed by atoms with Crippen molar-refractivity contribution in [1.82, 2.24) is 0 Å². The number of hydrogen-bond donors (Lipinski definition) is 0. The number of aryl methyl sites for hydroxylation is 1. The number of hydrogen-bond acceptors (Lipinski definition) is 0. The van der Waals surface area contributed by atoms with Gasteiger partial charge >= 0.3 is 0 Å². The Morgan fingerprint density at radius 3 is 2.21 bits per heavy atom. The summed E-state index contributed by atoms with van der Waals surface area (Å²) in [5.74, 6) is 1.23. The summed E-state index contributed by atoms with van der Waals surface area (Å²) in [5, 5.41) is 0. The molecule has 1 aliphatic rings. The van der Waals surface area contributed by atoms with Gasteiger partial charge in [-0.1, -0.05) is 85.3 Å². The second kappa shape index (κ2) is 6.28. The van der Waals surface area contributed by atoms with Crippen LogP contribution in [0.5, 0.6) is 0 Å². The molecule has 0 nitrogen and oxygen atoms in total. The molecular weight excluding hydrogens is 288 g/mol. The molecule has 0 saturated heterocycles. The van der Waals surface area contributed by atoms with Crippen molar-refractivity contribution in [3.63, 3.8) is 0 Å². The van der Waals surface area contributed by atoms with Crippen molar-refractivity contribution < 1.29 is 0 Å². The molecule has 0 spiro atoms. The van der Waals surface area contributed by atoms with Crippen molar-refractivity contribution in [2.45, 2.75) is 38.5 Å². The predicted octanol–water partition coefficient (Wildman–Crippen LogP) is 6.50. The second-order valence-electron chi connectivity index (χ2n) is 7.20. The zero-order chi connectivity index (χ0) is 16.5. The van der Waals surface area contributed by atoms with E-state index in [1.165, 1.54) is 28.7 Å². The molecule has 120 valence electrons. The van der Waals surface area contributed by atoms with Gasteiger partial charge in [0.25, 0.3) is 0 Å². The van der Waals surface area contributed by atoms with Gasteiger partial charge in [0.05, 0.1) is 0 Å². The number of fused-ring (bicyclic) bond motifs is 1. The summed E-state index contributed by atoms with van der Waals surface area (Å²) < 4.78 is 0. The third-order valence-corrected chi connectivity index (χ3v) is 5.36. The van der Waals surface area contributed by atoms with E-state index in [9.17, 15) is 0 Å². The van der Waals surface area contributed by atoms with Gasteiger partial charge in [-0.25, -0.2) is 0 Å². The molecule has 24 heavy (non-hydrogen) atoms. The largest absolute Gasteiger partial charge is 0.0622 e. The van der Waals surface area contributed by atoms with Crippen molar-refractivity contribution >= 4 is 0 Å². The highest BCUT2D eigenvalue weighted by molar-refractivity contribution is 5.71. The van der Waals surface area contributed by atoms with Crippen molar-refractivity contribution in [2.75, 3.05) is 0 Å². The molecule has 0 heterocycles. The van der Waals surface area contributed by atoms with E-state index in [1.807, 2.05) is 0 Å². The van der Waals surface area contributed by atoms with Crippen LogP contribution in [0.25, 0.3) is 11.1 Å². The van der Waals surface area contributed by atoms with E-state index in [4.69, 9.17) is 0 Å². The minimum Gasteiger partial charge on any atom is -0.0622 e. The zero-order valence-corrected chi connectivity index (χ0v) is 14.5. The van der Waals surface area contributed by atoms with Crippen molar-refractivity contribution in [1.29, 1.82) is 0 Å². The molecule has 0 N–H and O–H groups in total. The van der Waals surface area contributed by atoms with Crippen LogP contribution in [0.3, 0.4) is 0 Å². The average Bonchev–Trinajstić information content (AvgIpc) is 2.62. The van der Waals surface area contributed by atoms with Crippen molar-refractivity contribution in [3.05, 3.63) is 95.1 Å². The Morgan fingerprint density at radius 1 is 0.833 bits per heavy atom. The smallest absolute Gasteiger partial charge is 0.0116 e. The Labute approximate surface area is 145 Å². The van der Waals surface area contributed by atoms with Gasteiger partial charge in [-0.05, 0) is 59.4 Å². The lowest BCUT2D eigenvalue weighted by atomic mass is 9.72. The van der Waals surface area contributed by atoms with Gasteiger partial charge in [0.2, 0.25) is 0 Å². The molecule has 0 aromatic heterocycles. The molecule has 0 saturated carbocycles. The molecule has 0 aliphatic heterocycles. The first kappa shape index (κ1) is 15.2. The van der Waals surface area contributed by atoms with Crippen molar-refractivity contribution in [3.8, 4) is 11.1 Å². The Bertz CT molecular complexity index is 831. The number of benzene rings is 3. The molecular formula is C24H24. The Morgan fingerprint density at radius 2 is 1.50 bits per heavy atom. The molecule has 0 fully saturated rings. The molecule has 0 heteroatoms. The normalized spacial score (nSPS) is 19.8. The fourth-order valence-electron chi connectivity index (χ4n) is 4.35. The van der Waals surface area contributed by atoms with Gasteiger partial charge in [0.1, 0.15) is 0 Å².